The molecule has 6 heterocycles. The molecule has 1 aliphatic heterocycles. The summed E-state index contributed by atoms with van der Waals surface area (Å²) in [6.45, 7) is 0. The molecule has 0 saturated heterocycles. The molecule has 0 radical (unpaired) electrons. The maximum Gasteiger partial charge on any atom is 0.164 e. The van der Waals surface area contributed by atoms with E-state index in [1.165, 1.54) is 116 Å². The van der Waals surface area contributed by atoms with Gasteiger partial charge in [-0.05, 0) is 184 Å². The van der Waals surface area contributed by atoms with Crippen LogP contribution in [0.3, 0.4) is 0 Å². The number of hydrogen-bond donors (Lipinski definition) is 0. The third-order valence-electron chi connectivity index (χ3n) is 27.1. The monoisotopic (exact) mass is 1680 g/mol. The van der Waals surface area contributed by atoms with Crippen molar-refractivity contribution in [2.75, 3.05) is 0 Å². The van der Waals surface area contributed by atoms with E-state index in [-0.39, 0.29) is 0 Å². The lowest BCUT2D eigenvalue weighted by Crippen LogP contribution is -2.33. The van der Waals surface area contributed by atoms with Gasteiger partial charge in [0.1, 0.15) is 0 Å². The molecule has 0 atom stereocenters. The van der Waals surface area contributed by atoms with Gasteiger partial charge in [0.25, 0.3) is 0 Å². The number of fused-ring (bicyclic) bond motifs is 20. The Balaban J connectivity index is 0.000000139. The number of benzene rings is 20. The van der Waals surface area contributed by atoms with Crippen LogP contribution in [-0.2, 0) is 5.41 Å². The Bertz CT molecular complexity index is 8670. The first-order valence-corrected chi connectivity index (χ1v) is 45.0. The van der Waals surface area contributed by atoms with Crippen molar-refractivity contribution in [2.24, 2.45) is 0 Å². The number of aromatic nitrogens is 9. The molecule has 2 aliphatic rings. The second kappa shape index (κ2) is 30.8. The van der Waals surface area contributed by atoms with E-state index in [4.69, 9.17) is 29.9 Å². The van der Waals surface area contributed by atoms with Crippen LogP contribution in [0.25, 0.3) is 228 Å². The molecular weight excluding hydrogens is 1600 g/mol. The molecule has 0 bridgehead atoms. The summed E-state index contributed by atoms with van der Waals surface area (Å²) in [5.41, 5.74) is 32.8. The van der Waals surface area contributed by atoms with Gasteiger partial charge in [-0.3, -0.25) is 0 Å². The van der Waals surface area contributed by atoms with E-state index in [1.807, 2.05) is 12.1 Å². The van der Waals surface area contributed by atoms with Gasteiger partial charge in [0.05, 0.1) is 44.2 Å². The van der Waals surface area contributed by atoms with Crippen LogP contribution in [0, 0.1) is 0 Å². The number of para-hydroxylation sites is 5. The minimum atomic E-state index is -0.511. The minimum absolute atomic E-state index is 0.511. The molecule has 27 rings (SSSR count). The van der Waals surface area contributed by atoms with Gasteiger partial charge in [0.15, 0.2) is 34.9 Å². The van der Waals surface area contributed by atoms with E-state index >= 15 is 0 Å². The van der Waals surface area contributed by atoms with Gasteiger partial charge < -0.3 is 13.7 Å². The second-order valence-corrected chi connectivity index (χ2v) is 34.3. The molecular formula is C123H77N9. The first-order chi connectivity index (χ1) is 65.4. The molecule has 5 aromatic heterocycles. The van der Waals surface area contributed by atoms with Crippen LogP contribution in [0.15, 0.2) is 467 Å². The quantitative estimate of drug-likeness (QED) is 0.121. The number of hydrogen-bond acceptors (Lipinski definition) is 6. The van der Waals surface area contributed by atoms with E-state index in [9.17, 15) is 0 Å². The third-order valence-corrected chi connectivity index (χ3v) is 27.1. The highest BCUT2D eigenvalue weighted by Crippen LogP contribution is 2.62. The van der Waals surface area contributed by atoms with Crippen molar-refractivity contribution in [2.45, 2.75) is 5.41 Å². The van der Waals surface area contributed by atoms with Gasteiger partial charge in [-0.25, -0.2) is 29.9 Å². The highest BCUT2D eigenvalue weighted by atomic mass is 15.1. The second-order valence-electron chi connectivity index (χ2n) is 34.3. The van der Waals surface area contributed by atoms with Crippen molar-refractivity contribution in [1.82, 2.24) is 43.6 Å². The average Bonchev–Trinajstić information content (AvgIpc) is 1.51. The van der Waals surface area contributed by atoms with Gasteiger partial charge >= 0.3 is 0 Å². The third kappa shape index (κ3) is 12.3. The summed E-state index contributed by atoms with van der Waals surface area (Å²) in [5, 5.41) is 12.0. The zero-order valence-corrected chi connectivity index (χ0v) is 71.5. The topological polar surface area (TPSA) is 92.1 Å². The SMILES string of the molecule is c1ccc(-c2ccc(-c3nc(-c4ccc(-c5ccccc5)cc4)nc(-c4ccc(-n5c6ccccc6c6cc(-c7ccc8c9ccccc9n(-c9ccccc9)c8c7)ccc65)cc4)n3)cc2)cc1.c1ccc2c(c1)-c1ccccc1C21c2cc(-c3ccc(-c4nc(-c5cccc6ccccc56)nc(-c5cccc6ccccc56)n4)cc3)ccc2-n2c3ccccc3c3cccc1c32. The Morgan fingerprint density at radius 2 is 0.477 bits per heavy atom. The molecule has 0 amide bonds. The van der Waals surface area contributed by atoms with Crippen molar-refractivity contribution < 1.29 is 0 Å². The first-order valence-electron chi connectivity index (χ1n) is 45.0. The molecule has 20 aromatic carbocycles. The van der Waals surface area contributed by atoms with E-state index in [0.29, 0.717) is 34.9 Å². The van der Waals surface area contributed by atoms with Crippen molar-refractivity contribution in [3.05, 3.63) is 489 Å². The number of rotatable bonds is 12. The van der Waals surface area contributed by atoms with Crippen molar-refractivity contribution in [3.8, 4) is 141 Å². The molecule has 25 aromatic rings. The lowest BCUT2D eigenvalue weighted by Gasteiger charge is -2.40. The fraction of sp³-hybridized carbons (Fsp3) is 0.00813. The molecule has 0 fully saturated rings. The Morgan fingerprint density at radius 3 is 1.02 bits per heavy atom. The van der Waals surface area contributed by atoms with E-state index < -0.39 is 5.41 Å². The normalized spacial score (nSPS) is 12.3. The zero-order valence-electron chi connectivity index (χ0n) is 71.5. The van der Waals surface area contributed by atoms with Gasteiger partial charge in [0.2, 0.25) is 0 Å². The average molecular weight is 1680 g/mol. The Labute approximate surface area is 761 Å². The van der Waals surface area contributed by atoms with Gasteiger partial charge in [-0.15, -0.1) is 0 Å². The molecule has 0 unspecified atom stereocenters. The molecule has 132 heavy (non-hydrogen) atoms. The summed E-state index contributed by atoms with van der Waals surface area (Å²) < 4.78 is 7.26. The smallest absolute Gasteiger partial charge is 0.164 e. The maximum atomic E-state index is 5.22. The largest absolute Gasteiger partial charge is 0.309 e. The summed E-state index contributed by atoms with van der Waals surface area (Å²) in [4.78, 5) is 30.9. The van der Waals surface area contributed by atoms with E-state index in [0.717, 1.165) is 99.6 Å². The number of nitrogens with zero attached hydrogens (tertiary/aromatic N) is 9. The summed E-state index contributed by atoms with van der Waals surface area (Å²) in [7, 11) is 0. The van der Waals surface area contributed by atoms with E-state index in [2.05, 4.69) is 469 Å². The lowest BCUT2D eigenvalue weighted by atomic mass is 9.65. The maximum absolute atomic E-state index is 5.22. The van der Waals surface area contributed by atoms with Crippen molar-refractivity contribution >= 4 is 87.0 Å². The van der Waals surface area contributed by atoms with Crippen molar-refractivity contribution in [3.63, 3.8) is 0 Å². The Morgan fingerprint density at radius 1 is 0.159 bits per heavy atom. The van der Waals surface area contributed by atoms with Crippen LogP contribution in [-0.4, -0.2) is 43.6 Å². The molecule has 9 nitrogen and oxygen atoms in total. The fourth-order valence-electron chi connectivity index (χ4n) is 21.0. The van der Waals surface area contributed by atoms with E-state index in [1.54, 1.807) is 0 Å². The predicted octanol–water partition coefficient (Wildman–Crippen LogP) is 30.7. The first kappa shape index (κ1) is 75.7. The van der Waals surface area contributed by atoms with Gasteiger partial charge in [0, 0.05) is 77.1 Å². The fourth-order valence-corrected chi connectivity index (χ4v) is 21.0. The van der Waals surface area contributed by atoms with Crippen LogP contribution in [0.2, 0.25) is 0 Å². The van der Waals surface area contributed by atoms with Crippen LogP contribution in [0.1, 0.15) is 22.3 Å². The Hall–Kier alpha value is -17.7. The van der Waals surface area contributed by atoms with Gasteiger partial charge in [-0.2, -0.15) is 0 Å². The lowest BCUT2D eigenvalue weighted by molar-refractivity contribution is 0.749. The highest BCUT2D eigenvalue weighted by molar-refractivity contribution is 6.15. The minimum Gasteiger partial charge on any atom is -0.309 e. The molecule has 9 heteroatoms. The standard InChI is InChI=1S/C63H41N5.C60H36N4/c1-4-14-42(15-5-1)44-24-28-46(29-25-44)61-64-62(47-30-26-45(27-31-47)43-16-6-2-7-17-43)66-63(65-61)48-32-36-52(37-33-48)67-58-23-13-11-21-54(58)56-40-49(35-39-59(56)67)50-34-38-55-53-20-10-12-22-57(53)68(60(55)41-50)51-18-8-3-9-19-51;1-3-18-42-38(14-1)16-11-24-48(42)58-61-57(62-59(63-58)49-25-12-17-39-15-2-4-19-43(39)49)40-32-30-37(31-33-40)41-34-35-55-53(36-41)60(50-26-8-5-20-44(50)45-21-6-9-27-51(45)60)52-28-13-23-47-46-22-7-10-29-54(46)64(55)56(47)52/h1-41H;1-36H. The summed E-state index contributed by atoms with van der Waals surface area (Å²) >= 11 is 0. The van der Waals surface area contributed by atoms with Crippen LogP contribution >= 0.6 is 0 Å². The molecule has 1 spiro atoms. The van der Waals surface area contributed by atoms with Crippen LogP contribution in [0.5, 0.6) is 0 Å². The Kier molecular flexibility index (Phi) is 17.7. The summed E-state index contributed by atoms with van der Waals surface area (Å²) in [6, 6.07) is 167. The molecule has 1 aliphatic carbocycles. The summed E-state index contributed by atoms with van der Waals surface area (Å²) in [6.07, 6.45) is 0. The van der Waals surface area contributed by atoms with Crippen molar-refractivity contribution in [1.29, 1.82) is 0 Å². The van der Waals surface area contributed by atoms with Crippen LogP contribution in [0.4, 0.5) is 0 Å². The van der Waals surface area contributed by atoms with Crippen LogP contribution < -0.4 is 0 Å². The zero-order chi connectivity index (χ0) is 86.9. The molecule has 0 N–H and O–H groups in total. The predicted molar refractivity (Wildman–Crippen MR) is 543 cm³/mol. The van der Waals surface area contributed by atoms with Gasteiger partial charge in [-0.1, -0.05) is 382 Å². The molecule has 0 saturated carbocycles. The summed E-state index contributed by atoms with van der Waals surface area (Å²) in [5.74, 6) is 3.80. The highest BCUT2D eigenvalue weighted by Gasteiger charge is 2.51. The molecule has 614 valence electrons.